The van der Waals surface area contributed by atoms with E-state index in [1.165, 1.54) is 25.6 Å². The molecule has 0 aliphatic carbocycles. The van der Waals surface area contributed by atoms with Crippen molar-refractivity contribution in [3.63, 3.8) is 0 Å². The number of halogens is 1. The number of ether oxygens (including phenoxy) is 1. The van der Waals surface area contributed by atoms with E-state index in [1.807, 2.05) is 24.3 Å². The number of methoxy groups -OCH3 is 1. The summed E-state index contributed by atoms with van der Waals surface area (Å²) in [5.74, 6) is 0. The lowest BCUT2D eigenvalue weighted by molar-refractivity contribution is 0.0722. The molecule has 6 heteroatoms. The number of rotatable bonds is 6. The lowest BCUT2D eigenvalue weighted by Gasteiger charge is -2.22. The summed E-state index contributed by atoms with van der Waals surface area (Å²) < 4.78 is 18.2. The highest BCUT2D eigenvalue weighted by Gasteiger charge is 2.22. The van der Waals surface area contributed by atoms with Gasteiger partial charge in [-0.05, 0) is 36.1 Å². The van der Waals surface area contributed by atoms with Crippen molar-refractivity contribution in [2.24, 2.45) is 5.11 Å². The van der Waals surface area contributed by atoms with Crippen LogP contribution in [0.3, 0.4) is 0 Å². The third-order valence-electron chi connectivity index (χ3n) is 3.65. The van der Waals surface area contributed by atoms with E-state index >= 15 is 0 Å². The normalized spacial score (nSPS) is 17.6. The van der Waals surface area contributed by atoms with Gasteiger partial charge in [-0.15, -0.1) is 0 Å². The Hall–Kier alpha value is -1.78. The molecular formula is C14H19FN4O. The number of benzene rings is 1. The Bertz CT molecular complexity index is 467. The highest BCUT2D eigenvalue weighted by Crippen LogP contribution is 2.27. The molecule has 0 saturated carbocycles. The summed E-state index contributed by atoms with van der Waals surface area (Å²) in [5.41, 5.74) is 10.5. The van der Waals surface area contributed by atoms with Gasteiger partial charge in [0.25, 0.3) is 0 Å². The quantitative estimate of drug-likeness (QED) is 0.453. The first-order chi connectivity index (χ1) is 9.80. The number of azide groups is 1. The molecule has 1 aliphatic heterocycles. The Balaban J connectivity index is 2.15. The van der Waals surface area contributed by atoms with Crippen LogP contribution in [0.4, 0.5) is 10.1 Å². The standard InChI is InChI=1S/C14H19FN4O/c1-20-14(13(10-15)17-18-16)11-4-6-12(7-5-11)19-8-2-3-9-19/h4-7,13-14H,2-3,8-10H2,1H3/t13-,14-/m1/s1. The minimum Gasteiger partial charge on any atom is -0.376 e. The maximum atomic E-state index is 12.9. The predicted molar refractivity (Wildman–Crippen MR) is 76.5 cm³/mol. The fraction of sp³-hybridized carbons (Fsp3) is 0.571. The van der Waals surface area contributed by atoms with Crippen LogP contribution < -0.4 is 4.90 Å². The summed E-state index contributed by atoms with van der Waals surface area (Å²) in [5, 5.41) is 3.46. The van der Waals surface area contributed by atoms with Crippen LogP contribution >= 0.6 is 0 Å². The molecular weight excluding hydrogens is 259 g/mol. The van der Waals surface area contributed by atoms with E-state index in [9.17, 15) is 4.39 Å². The maximum absolute atomic E-state index is 12.9. The Morgan fingerprint density at radius 3 is 2.50 bits per heavy atom. The average Bonchev–Trinajstić information content (AvgIpc) is 3.02. The van der Waals surface area contributed by atoms with Gasteiger partial charge >= 0.3 is 0 Å². The molecule has 0 aromatic heterocycles. The number of nitrogens with zero attached hydrogens (tertiary/aromatic N) is 4. The first kappa shape index (κ1) is 14.6. The summed E-state index contributed by atoms with van der Waals surface area (Å²) in [6.07, 6.45) is 1.90. The van der Waals surface area contributed by atoms with Crippen molar-refractivity contribution in [2.75, 3.05) is 31.8 Å². The first-order valence-electron chi connectivity index (χ1n) is 6.78. The largest absolute Gasteiger partial charge is 0.376 e. The van der Waals surface area contributed by atoms with Crippen molar-refractivity contribution in [1.82, 2.24) is 0 Å². The molecule has 5 nitrogen and oxygen atoms in total. The first-order valence-corrected chi connectivity index (χ1v) is 6.78. The van der Waals surface area contributed by atoms with Crippen LogP contribution in [0, 0.1) is 0 Å². The molecule has 2 atom stereocenters. The van der Waals surface area contributed by atoms with Gasteiger partial charge < -0.3 is 9.64 Å². The number of alkyl halides is 1. The van der Waals surface area contributed by atoms with E-state index in [1.54, 1.807) is 0 Å². The van der Waals surface area contributed by atoms with Gasteiger partial charge in [0.2, 0.25) is 0 Å². The van der Waals surface area contributed by atoms with Crippen molar-refractivity contribution in [3.8, 4) is 0 Å². The smallest absolute Gasteiger partial charge is 0.101 e. The van der Waals surface area contributed by atoms with Gasteiger partial charge in [-0.25, -0.2) is 0 Å². The SMILES string of the molecule is CO[C@H](c1ccc(N2CCCC2)cc1)[C@@H](CF)N=[N+]=[N-]. The summed E-state index contributed by atoms with van der Waals surface area (Å²) in [6, 6.07) is 7.02. The van der Waals surface area contributed by atoms with Gasteiger partial charge in [0.15, 0.2) is 0 Å². The summed E-state index contributed by atoms with van der Waals surface area (Å²) in [7, 11) is 1.49. The van der Waals surface area contributed by atoms with Gasteiger partial charge in [-0.2, -0.15) is 0 Å². The van der Waals surface area contributed by atoms with E-state index in [0.717, 1.165) is 18.7 Å². The minimum absolute atomic E-state index is 0.552. The fourth-order valence-electron chi connectivity index (χ4n) is 2.60. The van der Waals surface area contributed by atoms with Gasteiger partial charge in [0.05, 0.1) is 12.1 Å². The number of anilines is 1. The van der Waals surface area contributed by atoms with E-state index in [-0.39, 0.29) is 0 Å². The molecule has 0 bridgehead atoms. The number of hydrogen-bond donors (Lipinski definition) is 0. The molecule has 0 radical (unpaired) electrons. The Labute approximate surface area is 118 Å². The van der Waals surface area contributed by atoms with E-state index < -0.39 is 18.8 Å². The molecule has 0 amide bonds. The van der Waals surface area contributed by atoms with Crippen LogP contribution in [0.25, 0.3) is 10.4 Å². The van der Waals surface area contributed by atoms with Crippen molar-refractivity contribution in [3.05, 3.63) is 40.3 Å². The lowest BCUT2D eigenvalue weighted by atomic mass is 10.0. The van der Waals surface area contributed by atoms with Crippen LogP contribution in [0.1, 0.15) is 24.5 Å². The van der Waals surface area contributed by atoms with Crippen LogP contribution in [0.15, 0.2) is 29.4 Å². The van der Waals surface area contributed by atoms with Gasteiger partial charge in [-0.1, -0.05) is 17.2 Å². The topological polar surface area (TPSA) is 61.2 Å². The van der Waals surface area contributed by atoms with Gasteiger partial charge in [0, 0.05) is 30.8 Å². The molecule has 108 valence electrons. The van der Waals surface area contributed by atoms with Crippen LogP contribution in [-0.2, 0) is 4.74 Å². The highest BCUT2D eigenvalue weighted by molar-refractivity contribution is 5.48. The minimum atomic E-state index is -0.831. The predicted octanol–water partition coefficient (Wildman–Crippen LogP) is 3.62. The van der Waals surface area contributed by atoms with Crippen molar-refractivity contribution >= 4 is 5.69 Å². The maximum Gasteiger partial charge on any atom is 0.101 e. The van der Waals surface area contributed by atoms with Crippen molar-refractivity contribution in [1.29, 1.82) is 0 Å². The molecule has 1 saturated heterocycles. The van der Waals surface area contributed by atoms with Crippen molar-refractivity contribution < 1.29 is 9.13 Å². The van der Waals surface area contributed by atoms with Gasteiger partial charge in [-0.3, -0.25) is 4.39 Å². The Morgan fingerprint density at radius 2 is 2.00 bits per heavy atom. The zero-order valence-corrected chi connectivity index (χ0v) is 11.6. The fourth-order valence-corrected chi connectivity index (χ4v) is 2.60. The Morgan fingerprint density at radius 1 is 1.35 bits per heavy atom. The zero-order valence-electron chi connectivity index (χ0n) is 11.6. The second-order valence-electron chi connectivity index (χ2n) is 4.87. The second-order valence-corrected chi connectivity index (χ2v) is 4.87. The van der Waals surface area contributed by atoms with E-state index in [2.05, 4.69) is 14.9 Å². The Kier molecular flexibility index (Phi) is 5.21. The molecule has 1 aliphatic rings. The third kappa shape index (κ3) is 3.21. The third-order valence-corrected chi connectivity index (χ3v) is 3.65. The molecule has 20 heavy (non-hydrogen) atoms. The van der Waals surface area contributed by atoms with Gasteiger partial charge in [0.1, 0.15) is 6.67 Å². The van der Waals surface area contributed by atoms with Crippen LogP contribution in [-0.4, -0.2) is 32.9 Å². The second kappa shape index (κ2) is 7.12. The average molecular weight is 278 g/mol. The number of hydrogen-bond acceptors (Lipinski definition) is 3. The summed E-state index contributed by atoms with van der Waals surface area (Å²) >= 11 is 0. The van der Waals surface area contributed by atoms with Crippen molar-refractivity contribution in [2.45, 2.75) is 25.0 Å². The molecule has 0 N–H and O–H groups in total. The molecule has 1 aromatic carbocycles. The monoisotopic (exact) mass is 278 g/mol. The summed E-state index contributed by atoms with van der Waals surface area (Å²) in [6.45, 7) is 1.42. The molecule has 2 rings (SSSR count). The highest BCUT2D eigenvalue weighted by atomic mass is 19.1. The zero-order chi connectivity index (χ0) is 14.4. The van der Waals surface area contributed by atoms with Crippen LogP contribution in [0.5, 0.6) is 0 Å². The molecule has 0 spiro atoms. The molecule has 0 unspecified atom stereocenters. The molecule has 1 heterocycles. The summed E-state index contributed by atoms with van der Waals surface area (Å²) in [4.78, 5) is 5.00. The van der Waals surface area contributed by atoms with E-state index in [0.29, 0.717) is 0 Å². The molecule has 1 aromatic rings. The lowest BCUT2D eigenvalue weighted by Crippen LogP contribution is -2.21. The van der Waals surface area contributed by atoms with Crippen LogP contribution in [0.2, 0.25) is 0 Å². The van der Waals surface area contributed by atoms with E-state index in [4.69, 9.17) is 10.3 Å². The molecule has 1 fully saturated rings.